The molecular weight excluding hydrogens is 260 g/mol. The summed E-state index contributed by atoms with van der Waals surface area (Å²) in [6.07, 6.45) is 0.301. The van der Waals surface area contributed by atoms with Gasteiger partial charge in [0.25, 0.3) is 0 Å². The van der Waals surface area contributed by atoms with Crippen LogP contribution >= 0.6 is 15.9 Å². The van der Waals surface area contributed by atoms with Gasteiger partial charge in [-0.2, -0.15) is 0 Å². The molecule has 1 amide bonds. The van der Waals surface area contributed by atoms with E-state index in [1.165, 1.54) is 0 Å². The van der Waals surface area contributed by atoms with E-state index in [4.69, 9.17) is 10.5 Å². The van der Waals surface area contributed by atoms with Crippen molar-refractivity contribution in [2.45, 2.75) is 6.42 Å². The normalized spacial score (nSPS) is 9.80. The van der Waals surface area contributed by atoms with Crippen LogP contribution in [0.3, 0.4) is 0 Å². The number of carbonyl (C=O) groups is 1. The number of ether oxygens (including phenoxy) is 1. The highest BCUT2D eigenvalue weighted by atomic mass is 79.9. The number of halogens is 1. The van der Waals surface area contributed by atoms with Gasteiger partial charge < -0.3 is 15.8 Å². The number of carbonyl (C=O) groups excluding carboxylic acids is 1. The van der Waals surface area contributed by atoms with Crippen LogP contribution in [0.1, 0.15) is 6.42 Å². The van der Waals surface area contributed by atoms with Gasteiger partial charge >= 0.3 is 0 Å². The van der Waals surface area contributed by atoms with Crippen LogP contribution in [0.15, 0.2) is 22.7 Å². The van der Waals surface area contributed by atoms with Crippen molar-refractivity contribution in [1.29, 1.82) is 0 Å². The molecule has 0 aliphatic carbocycles. The molecule has 0 spiro atoms. The Morgan fingerprint density at radius 3 is 2.93 bits per heavy atom. The molecule has 1 rings (SSSR count). The minimum absolute atomic E-state index is 0.117. The van der Waals surface area contributed by atoms with E-state index in [2.05, 4.69) is 21.2 Å². The lowest BCUT2D eigenvalue weighted by molar-refractivity contribution is -0.116. The average Bonchev–Trinajstić information content (AvgIpc) is 2.18. The maximum absolute atomic E-state index is 11.3. The van der Waals surface area contributed by atoms with Crippen molar-refractivity contribution in [2.75, 3.05) is 19.0 Å². The molecule has 1 aromatic rings. The number of benzene rings is 1. The summed E-state index contributed by atoms with van der Waals surface area (Å²) in [6, 6.07) is 5.41. The molecule has 0 radical (unpaired) electrons. The van der Waals surface area contributed by atoms with E-state index in [1.807, 2.05) is 6.07 Å². The van der Waals surface area contributed by atoms with Crippen molar-refractivity contribution in [1.82, 2.24) is 0 Å². The zero-order chi connectivity index (χ0) is 11.3. The summed E-state index contributed by atoms with van der Waals surface area (Å²) in [5.41, 5.74) is 5.93. The van der Waals surface area contributed by atoms with Gasteiger partial charge in [-0.25, -0.2) is 0 Å². The van der Waals surface area contributed by atoms with Crippen LogP contribution in [0.25, 0.3) is 0 Å². The molecule has 4 nitrogen and oxygen atoms in total. The van der Waals surface area contributed by atoms with Crippen LogP contribution < -0.4 is 15.8 Å². The summed E-state index contributed by atoms with van der Waals surface area (Å²) in [5, 5.41) is 2.73. The summed E-state index contributed by atoms with van der Waals surface area (Å²) in [7, 11) is 1.56. The minimum Gasteiger partial charge on any atom is -0.495 e. The van der Waals surface area contributed by atoms with Crippen molar-refractivity contribution in [3.63, 3.8) is 0 Å². The molecule has 82 valence electrons. The highest BCUT2D eigenvalue weighted by molar-refractivity contribution is 9.10. The van der Waals surface area contributed by atoms with E-state index in [0.29, 0.717) is 24.4 Å². The van der Waals surface area contributed by atoms with Crippen LogP contribution in [-0.4, -0.2) is 19.6 Å². The first-order valence-electron chi connectivity index (χ1n) is 4.51. The lowest BCUT2D eigenvalue weighted by atomic mass is 10.3. The van der Waals surface area contributed by atoms with Crippen LogP contribution in [0.2, 0.25) is 0 Å². The third kappa shape index (κ3) is 3.53. The number of hydrogen-bond donors (Lipinski definition) is 2. The molecule has 0 saturated carbocycles. The van der Waals surface area contributed by atoms with E-state index >= 15 is 0 Å². The number of nitrogens with one attached hydrogen (secondary N) is 1. The van der Waals surface area contributed by atoms with Gasteiger partial charge in [-0.1, -0.05) is 15.9 Å². The quantitative estimate of drug-likeness (QED) is 0.878. The van der Waals surface area contributed by atoms with E-state index in [-0.39, 0.29) is 5.91 Å². The van der Waals surface area contributed by atoms with Crippen molar-refractivity contribution in [3.8, 4) is 5.75 Å². The Morgan fingerprint density at radius 2 is 2.33 bits per heavy atom. The van der Waals surface area contributed by atoms with Crippen molar-refractivity contribution in [2.24, 2.45) is 5.73 Å². The predicted molar refractivity (Wildman–Crippen MR) is 63.0 cm³/mol. The summed E-state index contributed by atoms with van der Waals surface area (Å²) in [5.74, 6) is 0.512. The van der Waals surface area contributed by atoms with Crippen LogP contribution in [-0.2, 0) is 4.79 Å². The third-order valence-electron chi connectivity index (χ3n) is 1.81. The molecule has 0 aliphatic rings. The summed E-state index contributed by atoms with van der Waals surface area (Å²) >= 11 is 3.32. The zero-order valence-electron chi connectivity index (χ0n) is 8.42. The van der Waals surface area contributed by atoms with Gasteiger partial charge in [-0.3, -0.25) is 4.79 Å². The smallest absolute Gasteiger partial charge is 0.225 e. The molecule has 0 aliphatic heterocycles. The number of anilines is 1. The maximum atomic E-state index is 11.3. The molecule has 0 heterocycles. The Balaban J connectivity index is 2.82. The standard InChI is InChI=1S/C10H13BrN2O2/c1-15-9-3-2-7(11)6-8(9)13-10(14)4-5-12/h2-3,6H,4-5,12H2,1H3,(H,13,14). The lowest BCUT2D eigenvalue weighted by Crippen LogP contribution is -2.16. The van der Waals surface area contributed by atoms with Gasteiger partial charge in [0.05, 0.1) is 12.8 Å². The minimum atomic E-state index is -0.117. The molecule has 0 aromatic heterocycles. The number of rotatable bonds is 4. The zero-order valence-corrected chi connectivity index (χ0v) is 10.0. The Bertz CT molecular complexity index is 355. The number of amides is 1. The van der Waals surface area contributed by atoms with Gasteiger partial charge in [-0.15, -0.1) is 0 Å². The average molecular weight is 273 g/mol. The Kier molecular flexibility index (Phi) is 4.58. The van der Waals surface area contributed by atoms with Gasteiger partial charge in [-0.05, 0) is 18.2 Å². The Hall–Kier alpha value is -1.07. The number of hydrogen-bond acceptors (Lipinski definition) is 3. The van der Waals surface area contributed by atoms with Gasteiger partial charge in [0.15, 0.2) is 0 Å². The molecule has 0 saturated heterocycles. The van der Waals surface area contributed by atoms with Crippen LogP contribution in [0, 0.1) is 0 Å². The fraction of sp³-hybridized carbons (Fsp3) is 0.300. The molecule has 15 heavy (non-hydrogen) atoms. The molecular formula is C10H13BrN2O2. The number of nitrogens with two attached hydrogens (primary N) is 1. The second kappa shape index (κ2) is 5.72. The Labute approximate surface area is 96.9 Å². The summed E-state index contributed by atoms with van der Waals surface area (Å²) < 4.78 is 5.99. The topological polar surface area (TPSA) is 64.3 Å². The van der Waals surface area contributed by atoms with Gasteiger partial charge in [0, 0.05) is 17.4 Å². The highest BCUT2D eigenvalue weighted by Crippen LogP contribution is 2.27. The van der Waals surface area contributed by atoms with Gasteiger partial charge in [0.1, 0.15) is 5.75 Å². The van der Waals surface area contributed by atoms with Crippen molar-refractivity contribution >= 4 is 27.5 Å². The molecule has 0 bridgehead atoms. The SMILES string of the molecule is COc1ccc(Br)cc1NC(=O)CCN. The summed E-state index contributed by atoms with van der Waals surface area (Å²) in [6.45, 7) is 0.335. The largest absolute Gasteiger partial charge is 0.495 e. The first kappa shape index (κ1) is 12.0. The highest BCUT2D eigenvalue weighted by Gasteiger charge is 2.06. The fourth-order valence-corrected chi connectivity index (χ4v) is 1.48. The first-order valence-corrected chi connectivity index (χ1v) is 5.30. The monoisotopic (exact) mass is 272 g/mol. The van der Waals surface area contributed by atoms with E-state index in [9.17, 15) is 4.79 Å². The fourth-order valence-electron chi connectivity index (χ4n) is 1.12. The van der Waals surface area contributed by atoms with Crippen LogP contribution in [0.4, 0.5) is 5.69 Å². The van der Waals surface area contributed by atoms with E-state index in [1.54, 1.807) is 19.2 Å². The van der Waals surface area contributed by atoms with E-state index < -0.39 is 0 Å². The van der Waals surface area contributed by atoms with Gasteiger partial charge in [0.2, 0.25) is 5.91 Å². The molecule has 0 unspecified atom stereocenters. The maximum Gasteiger partial charge on any atom is 0.225 e. The Morgan fingerprint density at radius 1 is 1.60 bits per heavy atom. The van der Waals surface area contributed by atoms with Crippen molar-refractivity contribution in [3.05, 3.63) is 22.7 Å². The molecule has 5 heteroatoms. The van der Waals surface area contributed by atoms with Crippen LogP contribution in [0.5, 0.6) is 5.75 Å². The van der Waals surface area contributed by atoms with E-state index in [0.717, 1.165) is 4.47 Å². The molecule has 0 atom stereocenters. The summed E-state index contributed by atoms with van der Waals surface area (Å²) in [4.78, 5) is 11.3. The molecule has 3 N–H and O–H groups in total. The van der Waals surface area contributed by atoms with Crippen molar-refractivity contribution < 1.29 is 9.53 Å². The third-order valence-corrected chi connectivity index (χ3v) is 2.30. The second-order valence-electron chi connectivity index (χ2n) is 2.93. The number of methoxy groups -OCH3 is 1. The second-order valence-corrected chi connectivity index (χ2v) is 3.85. The molecule has 0 fully saturated rings. The molecule has 1 aromatic carbocycles. The first-order chi connectivity index (χ1) is 7.17. The lowest BCUT2D eigenvalue weighted by Gasteiger charge is -2.09. The predicted octanol–water partition coefficient (Wildman–Crippen LogP) is 1.74.